The molecule has 7 nitrogen and oxygen atoms in total. The molecule has 0 aliphatic carbocycles. The third kappa shape index (κ3) is 5.06. The Balaban J connectivity index is 0.00000240. The van der Waals surface area contributed by atoms with E-state index < -0.39 is 0 Å². The average Bonchev–Trinajstić information content (AvgIpc) is 2.69. The summed E-state index contributed by atoms with van der Waals surface area (Å²) in [6.07, 6.45) is 4.08. The number of piperidine rings is 1. The van der Waals surface area contributed by atoms with Gasteiger partial charge in [0, 0.05) is 54.6 Å². The molecule has 7 heteroatoms. The van der Waals surface area contributed by atoms with E-state index >= 15 is 0 Å². The second-order valence-corrected chi connectivity index (χ2v) is 7.08. The van der Waals surface area contributed by atoms with Crippen molar-refractivity contribution in [3.63, 3.8) is 0 Å². The Hall–Kier alpha value is -3.06. The van der Waals surface area contributed by atoms with Crippen molar-refractivity contribution in [2.75, 3.05) is 32.6 Å². The minimum Gasteiger partial charge on any atom is -0.508 e. The highest BCUT2D eigenvalue weighted by atomic mass is 16.5. The van der Waals surface area contributed by atoms with Gasteiger partial charge in [-0.05, 0) is 32.0 Å². The number of aromatic hydroxyl groups is 1. The summed E-state index contributed by atoms with van der Waals surface area (Å²) >= 11 is 0. The summed E-state index contributed by atoms with van der Waals surface area (Å²) in [6, 6.07) is 10.8. The van der Waals surface area contributed by atoms with E-state index in [1.807, 2.05) is 18.2 Å². The molecule has 0 spiro atoms. The number of nitrogens with zero attached hydrogens (tertiary/aromatic N) is 3. The molecule has 1 fully saturated rings. The first-order chi connectivity index (χ1) is 13.6. The molecular weight excluding hydrogens is 368 g/mol. The first-order valence-corrected chi connectivity index (χ1v) is 9.36. The number of ether oxygens (including phenoxy) is 2. The van der Waals surface area contributed by atoms with Crippen LogP contribution in [0.2, 0.25) is 0 Å². The standard InChI is InChI=1S/C21H24N4O3.CH4/c1-25-7-5-17(6-8-25)28-18-4-3-14-13-22-21(24-20(14)12-18)23-15-9-16(26)11-19(10-15)27-2;/h3-4,9-13,17,26H,5-8H2,1-2H3,(H,22,23,24);1H4. The Bertz CT molecular complexity index is 971. The van der Waals surface area contributed by atoms with E-state index in [0.717, 1.165) is 42.6 Å². The molecule has 0 radical (unpaired) electrons. The predicted octanol–water partition coefficient (Wildman–Crippen LogP) is 4.20. The van der Waals surface area contributed by atoms with Gasteiger partial charge in [-0.1, -0.05) is 7.43 Å². The highest BCUT2D eigenvalue weighted by Crippen LogP contribution is 2.28. The Labute approximate surface area is 171 Å². The zero-order chi connectivity index (χ0) is 19.5. The fourth-order valence-electron chi connectivity index (χ4n) is 3.33. The minimum atomic E-state index is 0. The second-order valence-electron chi connectivity index (χ2n) is 7.08. The van der Waals surface area contributed by atoms with Gasteiger partial charge in [0.1, 0.15) is 23.4 Å². The summed E-state index contributed by atoms with van der Waals surface area (Å²) in [4.78, 5) is 11.3. The van der Waals surface area contributed by atoms with Crippen molar-refractivity contribution in [3.8, 4) is 17.2 Å². The molecule has 1 saturated heterocycles. The SMILES string of the molecule is C.COc1cc(O)cc(Nc2ncc3ccc(OC4CCN(C)CC4)cc3n2)c1. The lowest BCUT2D eigenvalue weighted by Gasteiger charge is -2.29. The number of hydrogen-bond acceptors (Lipinski definition) is 7. The molecule has 2 N–H and O–H groups in total. The number of hydrogen-bond donors (Lipinski definition) is 2. The maximum Gasteiger partial charge on any atom is 0.227 e. The molecule has 0 saturated carbocycles. The lowest BCUT2D eigenvalue weighted by molar-refractivity contribution is 0.114. The van der Waals surface area contributed by atoms with E-state index in [9.17, 15) is 5.11 Å². The zero-order valence-corrected chi connectivity index (χ0v) is 16.1. The topological polar surface area (TPSA) is 79.7 Å². The van der Waals surface area contributed by atoms with Crippen LogP contribution in [0.4, 0.5) is 11.6 Å². The number of phenolic OH excluding ortho intramolecular Hbond substituents is 1. The van der Waals surface area contributed by atoms with Gasteiger partial charge in [-0.2, -0.15) is 0 Å². The lowest BCUT2D eigenvalue weighted by Crippen LogP contribution is -2.35. The lowest BCUT2D eigenvalue weighted by atomic mass is 10.1. The van der Waals surface area contributed by atoms with Crippen LogP contribution in [-0.2, 0) is 0 Å². The van der Waals surface area contributed by atoms with E-state index in [4.69, 9.17) is 9.47 Å². The second kappa shape index (κ2) is 8.96. The number of anilines is 2. The van der Waals surface area contributed by atoms with Crippen LogP contribution in [0.15, 0.2) is 42.6 Å². The minimum absolute atomic E-state index is 0. The van der Waals surface area contributed by atoms with Crippen molar-refractivity contribution in [3.05, 3.63) is 42.6 Å². The van der Waals surface area contributed by atoms with Crippen LogP contribution in [0.3, 0.4) is 0 Å². The van der Waals surface area contributed by atoms with Crippen molar-refractivity contribution >= 4 is 22.5 Å². The number of phenols is 1. The first-order valence-electron chi connectivity index (χ1n) is 9.36. The van der Waals surface area contributed by atoms with Gasteiger partial charge in [0.2, 0.25) is 5.95 Å². The number of benzene rings is 2. The Morgan fingerprint density at radius 1 is 1.10 bits per heavy atom. The molecule has 1 aliphatic rings. The predicted molar refractivity (Wildman–Crippen MR) is 115 cm³/mol. The summed E-state index contributed by atoms with van der Waals surface area (Å²) in [7, 11) is 3.69. The monoisotopic (exact) mass is 396 g/mol. The summed E-state index contributed by atoms with van der Waals surface area (Å²) in [5.41, 5.74) is 1.45. The van der Waals surface area contributed by atoms with Crippen LogP contribution in [-0.4, -0.2) is 53.3 Å². The van der Waals surface area contributed by atoms with E-state index in [2.05, 4.69) is 27.2 Å². The average molecular weight is 396 g/mol. The van der Waals surface area contributed by atoms with Gasteiger partial charge in [0.25, 0.3) is 0 Å². The molecule has 1 aromatic heterocycles. The first kappa shape index (κ1) is 20.7. The van der Waals surface area contributed by atoms with Crippen LogP contribution in [0.5, 0.6) is 17.2 Å². The Morgan fingerprint density at radius 3 is 2.66 bits per heavy atom. The van der Waals surface area contributed by atoms with Gasteiger partial charge in [-0.15, -0.1) is 0 Å². The Morgan fingerprint density at radius 2 is 1.90 bits per heavy atom. The molecule has 2 heterocycles. The molecular formula is C22H28N4O3. The number of aromatic nitrogens is 2. The van der Waals surface area contributed by atoms with Gasteiger partial charge in [-0.3, -0.25) is 0 Å². The fraction of sp³-hybridized carbons (Fsp3) is 0.364. The number of fused-ring (bicyclic) bond motifs is 1. The molecule has 0 atom stereocenters. The highest BCUT2D eigenvalue weighted by molar-refractivity contribution is 5.80. The van der Waals surface area contributed by atoms with Crippen LogP contribution < -0.4 is 14.8 Å². The zero-order valence-electron chi connectivity index (χ0n) is 16.1. The van der Waals surface area contributed by atoms with Crippen LogP contribution in [0.25, 0.3) is 10.9 Å². The van der Waals surface area contributed by atoms with Gasteiger partial charge < -0.3 is 24.8 Å². The third-order valence-electron chi connectivity index (χ3n) is 4.91. The van der Waals surface area contributed by atoms with E-state index in [-0.39, 0.29) is 19.3 Å². The molecule has 4 rings (SSSR count). The molecule has 2 aromatic carbocycles. The quantitative estimate of drug-likeness (QED) is 0.669. The van der Waals surface area contributed by atoms with Crippen molar-refractivity contribution < 1.29 is 14.6 Å². The van der Waals surface area contributed by atoms with Crippen molar-refractivity contribution in [1.29, 1.82) is 0 Å². The fourth-order valence-corrected chi connectivity index (χ4v) is 3.33. The van der Waals surface area contributed by atoms with Gasteiger partial charge in [0.05, 0.1) is 12.6 Å². The summed E-state index contributed by atoms with van der Waals surface area (Å²) in [5.74, 6) is 1.93. The number of rotatable bonds is 5. The molecule has 3 aromatic rings. The van der Waals surface area contributed by atoms with E-state index in [1.54, 1.807) is 31.5 Å². The van der Waals surface area contributed by atoms with Crippen LogP contribution >= 0.6 is 0 Å². The maximum atomic E-state index is 9.80. The van der Waals surface area contributed by atoms with Gasteiger partial charge in [-0.25, -0.2) is 9.97 Å². The molecule has 0 unspecified atom stereocenters. The molecule has 1 aliphatic heterocycles. The van der Waals surface area contributed by atoms with Crippen LogP contribution in [0.1, 0.15) is 20.3 Å². The molecule has 29 heavy (non-hydrogen) atoms. The molecule has 0 bridgehead atoms. The summed E-state index contributed by atoms with van der Waals surface area (Å²) < 4.78 is 11.3. The van der Waals surface area contributed by atoms with Crippen molar-refractivity contribution in [1.82, 2.24) is 14.9 Å². The van der Waals surface area contributed by atoms with E-state index in [0.29, 0.717) is 17.4 Å². The van der Waals surface area contributed by atoms with Crippen molar-refractivity contribution in [2.45, 2.75) is 26.4 Å². The summed E-state index contributed by atoms with van der Waals surface area (Å²) in [5, 5.41) is 13.9. The van der Waals surface area contributed by atoms with Gasteiger partial charge >= 0.3 is 0 Å². The van der Waals surface area contributed by atoms with Crippen molar-refractivity contribution in [2.24, 2.45) is 0 Å². The number of nitrogens with one attached hydrogen (secondary N) is 1. The normalized spacial score (nSPS) is 15.0. The molecule has 154 valence electrons. The van der Waals surface area contributed by atoms with Gasteiger partial charge in [0.15, 0.2) is 0 Å². The molecule has 0 amide bonds. The maximum absolute atomic E-state index is 9.80. The number of methoxy groups -OCH3 is 1. The van der Waals surface area contributed by atoms with Crippen LogP contribution in [0, 0.1) is 0 Å². The van der Waals surface area contributed by atoms with E-state index in [1.165, 1.54) is 0 Å². The largest absolute Gasteiger partial charge is 0.508 e. The number of likely N-dealkylation sites (tertiary alicyclic amines) is 1. The smallest absolute Gasteiger partial charge is 0.227 e. The summed E-state index contributed by atoms with van der Waals surface area (Å²) in [6.45, 7) is 2.11. The third-order valence-corrected chi connectivity index (χ3v) is 4.91. The highest BCUT2D eigenvalue weighted by Gasteiger charge is 2.18. The Kier molecular flexibility index (Phi) is 6.39.